The van der Waals surface area contributed by atoms with Gasteiger partial charge in [0.15, 0.2) is 0 Å². The number of rotatable bonds is 5. The van der Waals surface area contributed by atoms with Gasteiger partial charge in [0.1, 0.15) is 4.70 Å². The van der Waals surface area contributed by atoms with Crippen LogP contribution in [0.5, 0.6) is 0 Å². The van der Waals surface area contributed by atoms with Gasteiger partial charge in [-0.1, -0.05) is 19.3 Å². The summed E-state index contributed by atoms with van der Waals surface area (Å²) in [6.07, 6.45) is 5.47. The number of aromatic nitrogens is 2. The van der Waals surface area contributed by atoms with E-state index in [1.54, 1.807) is 11.4 Å². The molecule has 0 aromatic carbocycles. The summed E-state index contributed by atoms with van der Waals surface area (Å²) in [5, 5.41) is 10.7. The predicted molar refractivity (Wildman–Crippen MR) is 89.2 cm³/mol. The standard InChI is InChI=1S/C16H20N2O4S/c19-13(20)6-8-17-12-7-9-23-14(12)15(21)18(16(17)22)10-11-4-2-1-3-5-11/h7,9,11H,1-6,8,10H2,(H,19,20). The van der Waals surface area contributed by atoms with Crippen molar-refractivity contribution in [1.82, 2.24) is 9.13 Å². The molecule has 0 amide bonds. The van der Waals surface area contributed by atoms with Gasteiger partial charge in [0.05, 0.1) is 11.9 Å². The molecule has 6 nitrogen and oxygen atoms in total. The summed E-state index contributed by atoms with van der Waals surface area (Å²) in [6.45, 7) is 0.533. The van der Waals surface area contributed by atoms with Crippen molar-refractivity contribution in [2.75, 3.05) is 0 Å². The Morgan fingerprint density at radius 1 is 1.22 bits per heavy atom. The van der Waals surface area contributed by atoms with Crippen molar-refractivity contribution in [3.8, 4) is 0 Å². The fourth-order valence-electron chi connectivity index (χ4n) is 3.35. The summed E-state index contributed by atoms with van der Waals surface area (Å²) in [5.41, 5.74) is -0.0731. The Hall–Kier alpha value is -1.89. The highest BCUT2D eigenvalue weighted by Crippen LogP contribution is 2.24. The Kier molecular flexibility index (Phi) is 4.66. The van der Waals surface area contributed by atoms with Gasteiger partial charge in [0.2, 0.25) is 0 Å². The van der Waals surface area contributed by atoms with Crippen LogP contribution in [-0.2, 0) is 17.9 Å². The van der Waals surface area contributed by atoms with Crippen molar-refractivity contribution in [3.63, 3.8) is 0 Å². The Labute approximate surface area is 137 Å². The molecule has 7 heteroatoms. The molecule has 1 N–H and O–H groups in total. The molecular weight excluding hydrogens is 316 g/mol. The topological polar surface area (TPSA) is 81.3 Å². The van der Waals surface area contributed by atoms with Gasteiger partial charge in [-0.05, 0) is 30.2 Å². The van der Waals surface area contributed by atoms with E-state index in [1.165, 1.54) is 26.9 Å². The van der Waals surface area contributed by atoms with Crippen LogP contribution in [0.15, 0.2) is 21.0 Å². The van der Waals surface area contributed by atoms with Gasteiger partial charge in [0, 0.05) is 13.1 Å². The lowest BCUT2D eigenvalue weighted by Gasteiger charge is -2.22. The van der Waals surface area contributed by atoms with Crippen LogP contribution in [0.3, 0.4) is 0 Å². The second kappa shape index (κ2) is 6.70. The molecule has 2 heterocycles. The third-order valence-electron chi connectivity index (χ3n) is 4.55. The highest BCUT2D eigenvalue weighted by Gasteiger charge is 2.19. The van der Waals surface area contributed by atoms with Crippen molar-refractivity contribution in [3.05, 3.63) is 32.3 Å². The molecule has 23 heavy (non-hydrogen) atoms. The first-order valence-corrected chi connectivity index (χ1v) is 8.88. The smallest absolute Gasteiger partial charge is 0.331 e. The van der Waals surface area contributed by atoms with E-state index in [4.69, 9.17) is 5.11 Å². The molecule has 2 aromatic heterocycles. The number of aliphatic carboxylic acids is 1. The number of hydrogen-bond donors (Lipinski definition) is 1. The van der Waals surface area contributed by atoms with Crippen LogP contribution in [0.2, 0.25) is 0 Å². The minimum absolute atomic E-state index is 0.0896. The number of hydrogen-bond acceptors (Lipinski definition) is 4. The number of carboxylic acids is 1. The molecule has 1 aliphatic carbocycles. The molecule has 0 bridgehead atoms. The van der Waals surface area contributed by atoms with Gasteiger partial charge in [-0.25, -0.2) is 4.79 Å². The highest BCUT2D eigenvalue weighted by atomic mass is 32.1. The van der Waals surface area contributed by atoms with E-state index < -0.39 is 5.97 Å². The third-order valence-corrected chi connectivity index (χ3v) is 5.44. The van der Waals surface area contributed by atoms with Crippen LogP contribution in [0, 0.1) is 5.92 Å². The third kappa shape index (κ3) is 3.24. The lowest BCUT2D eigenvalue weighted by Crippen LogP contribution is -2.41. The van der Waals surface area contributed by atoms with Gasteiger partial charge in [-0.15, -0.1) is 11.3 Å². The highest BCUT2D eigenvalue weighted by molar-refractivity contribution is 7.17. The molecule has 1 fully saturated rings. The van der Waals surface area contributed by atoms with Gasteiger partial charge >= 0.3 is 11.7 Å². The first-order chi connectivity index (χ1) is 11.1. The first kappa shape index (κ1) is 16.0. The zero-order valence-corrected chi connectivity index (χ0v) is 13.7. The second-order valence-corrected chi connectivity index (χ2v) is 7.05. The SMILES string of the molecule is O=C(O)CCn1c(=O)n(CC2CCCCC2)c(=O)c2sccc21. The average molecular weight is 336 g/mol. The van der Waals surface area contributed by atoms with Crippen LogP contribution in [0.1, 0.15) is 38.5 Å². The van der Waals surface area contributed by atoms with Crippen molar-refractivity contribution in [1.29, 1.82) is 0 Å². The molecule has 124 valence electrons. The van der Waals surface area contributed by atoms with Gasteiger partial charge in [0.25, 0.3) is 5.56 Å². The lowest BCUT2D eigenvalue weighted by molar-refractivity contribution is -0.137. The Bertz CT molecular complexity index is 827. The van der Waals surface area contributed by atoms with E-state index in [9.17, 15) is 14.4 Å². The van der Waals surface area contributed by atoms with Gasteiger partial charge in [-0.3, -0.25) is 18.7 Å². The fourth-order valence-corrected chi connectivity index (χ4v) is 4.19. The summed E-state index contributed by atoms with van der Waals surface area (Å²) in [7, 11) is 0. The quantitative estimate of drug-likeness (QED) is 0.908. The summed E-state index contributed by atoms with van der Waals surface area (Å²) in [5.74, 6) is -0.593. The minimum atomic E-state index is -0.953. The average Bonchev–Trinajstić information content (AvgIpc) is 3.02. The monoisotopic (exact) mass is 336 g/mol. The zero-order chi connectivity index (χ0) is 16.4. The van der Waals surface area contributed by atoms with Crippen LogP contribution in [-0.4, -0.2) is 20.2 Å². The number of thiophene rings is 1. The summed E-state index contributed by atoms with van der Waals surface area (Å²) >= 11 is 1.31. The van der Waals surface area contributed by atoms with E-state index in [0.717, 1.165) is 25.7 Å². The van der Waals surface area contributed by atoms with E-state index in [0.29, 0.717) is 22.7 Å². The molecule has 0 unspecified atom stereocenters. The lowest BCUT2D eigenvalue weighted by atomic mass is 9.89. The van der Waals surface area contributed by atoms with Crippen molar-refractivity contribution >= 4 is 27.5 Å². The van der Waals surface area contributed by atoms with E-state index >= 15 is 0 Å². The van der Waals surface area contributed by atoms with Crippen molar-refractivity contribution < 1.29 is 9.90 Å². The maximum Gasteiger partial charge on any atom is 0.331 e. The normalized spacial score (nSPS) is 16.0. The number of carboxylic acid groups (broad SMARTS) is 1. The molecular formula is C16H20N2O4S. The predicted octanol–water partition coefficient (Wildman–Crippen LogP) is 2.28. The van der Waals surface area contributed by atoms with Crippen LogP contribution >= 0.6 is 11.3 Å². The second-order valence-electron chi connectivity index (χ2n) is 6.13. The Morgan fingerprint density at radius 3 is 2.65 bits per heavy atom. The maximum atomic E-state index is 12.7. The van der Waals surface area contributed by atoms with Crippen LogP contribution in [0.4, 0.5) is 0 Å². The van der Waals surface area contributed by atoms with Crippen LogP contribution < -0.4 is 11.2 Å². The zero-order valence-electron chi connectivity index (χ0n) is 12.9. The molecule has 0 atom stereocenters. The Morgan fingerprint density at radius 2 is 1.96 bits per heavy atom. The van der Waals surface area contributed by atoms with E-state index in [-0.39, 0.29) is 24.2 Å². The molecule has 0 saturated heterocycles. The summed E-state index contributed by atoms with van der Waals surface area (Å²) in [6, 6.07) is 1.72. The number of carbonyl (C=O) groups is 1. The number of aryl methyl sites for hydroxylation is 1. The number of nitrogens with zero attached hydrogens (tertiary/aromatic N) is 2. The van der Waals surface area contributed by atoms with E-state index in [2.05, 4.69) is 0 Å². The van der Waals surface area contributed by atoms with Gasteiger partial charge < -0.3 is 5.11 Å². The fraction of sp³-hybridized carbons (Fsp3) is 0.562. The van der Waals surface area contributed by atoms with Crippen molar-refractivity contribution in [2.45, 2.75) is 51.6 Å². The van der Waals surface area contributed by atoms with Crippen LogP contribution in [0.25, 0.3) is 10.2 Å². The molecule has 0 spiro atoms. The molecule has 0 aliphatic heterocycles. The summed E-state index contributed by atoms with van der Waals surface area (Å²) in [4.78, 5) is 36.2. The van der Waals surface area contributed by atoms with E-state index in [1.807, 2.05) is 0 Å². The molecule has 2 aromatic rings. The Balaban J connectivity index is 2.04. The molecule has 1 saturated carbocycles. The molecule has 1 aliphatic rings. The first-order valence-electron chi connectivity index (χ1n) is 8.00. The minimum Gasteiger partial charge on any atom is -0.481 e. The maximum absolute atomic E-state index is 12.7. The number of fused-ring (bicyclic) bond motifs is 1. The largest absolute Gasteiger partial charge is 0.481 e. The molecule has 0 radical (unpaired) electrons. The summed E-state index contributed by atoms with van der Waals surface area (Å²) < 4.78 is 3.28. The van der Waals surface area contributed by atoms with Crippen molar-refractivity contribution in [2.24, 2.45) is 5.92 Å². The molecule has 3 rings (SSSR count). The van der Waals surface area contributed by atoms with Gasteiger partial charge in [-0.2, -0.15) is 0 Å².